The second-order valence-corrected chi connectivity index (χ2v) is 2.61. The van der Waals surface area contributed by atoms with Crippen LogP contribution in [0.1, 0.15) is 32.1 Å². The molecule has 1 saturated carbocycles. The standard InChI is InChI=1S/C8H11F/c9-7-3-1-2-4-8-5-6-8/h8H,1-2,4-6H2. The van der Waals surface area contributed by atoms with Gasteiger partial charge in [0.05, 0.1) is 0 Å². The molecule has 0 saturated heterocycles. The summed E-state index contributed by atoms with van der Waals surface area (Å²) in [7, 11) is 0. The maximum Gasteiger partial charge on any atom is 0.105 e. The summed E-state index contributed by atoms with van der Waals surface area (Å²) in [5.74, 6) is 3.38. The molecule has 1 heteroatoms. The van der Waals surface area contributed by atoms with Crippen LogP contribution in [-0.2, 0) is 0 Å². The third-order valence-corrected chi connectivity index (χ3v) is 1.68. The largest absolute Gasteiger partial charge is 0.144 e. The van der Waals surface area contributed by atoms with E-state index in [1.54, 1.807) is 0 Å². The molecule has 0 aromatic rings. The van der Waals surface area contributed by atoms with Gasteiger partial charge in [-0.25, -0.2) is 0 Å². The van der Waals surface area contributed by atoms with E-state index in [1.807, 2.05) is 0 Å². The Kier molecular flexibility index (Phi) is 2.57. The number of unbranched alkanes of at least 4 members (excludes halogenated alkanes) is 1. The van der Waals surface area contributed by atoms with E-state index in [4.69, 9.17) is 0 Å². The monoisotopic (exact) mass is 126 g/mol. The summed E-state index contributed by atoms with van der Waals surface area (Å²) in [4.78, 5) is 0. The molecule has 0 nitrogen and oxygen atoms in total. The number of halogens is 1. The zero-order valence-corrected chi connectivity index (χ0v) is 5.49. The summed E-state index contributed by atoms with van der Waals surface area (Å²) in [5.41, 5.74) is 0. The van der Waals surface area contributed by atoms with Crippen LogP contribution in [0.4, 0.5) is 4.39 Å². The average Bonchev–Trinajstić information content (AvgIpc) is 2.63. The molecule has 1 aliphatic carbocycles. The van der Waals surface area contributed by atoms with Gasteiger partial charge in [0.2, 0.25) is 0 Å². The molecule has 0 aliphatic heterocycles. The van der Waals surface area contributed by atoms with Crippen molar-refractivity contribution in [3.8, 4) is 12.1 Å². The van der Waals surface area contributed by atoms with Crippen molar-refractivity contribution < 1.29 is 4.39 Å². The van der Waals surface area contributed by atoms with Crippen molar-refractivity contribution >= 4 is 0 Å². The van der Waals surface area contributed by atoms with Gasteiger partial charge in [0.25, 0.3) is 0 Å². The maximum absolute atomic E-state index is 11.2. The van der Waals surface area contributed by atoms with Crippen molar-refractivity contribution in [2.24, 2.45) is 5.92 Å². The van der Waals surface area contributed by atoms with Crippen molar-refractivity contribution in [1.82, 2.24) is 0 Å². The predicted octanol–water partition coefficient (Wildman–Crippen LogP) is 2.50. The van der Waals surface area contributed by atoms with Crippen LogP contribution in [0.2, 0.25) is 0 Å². The molecule has 50 valence electrons. The molecule has 0 N–H and O–H groups in total. The van der Waals surface area contributed by atoms with E-state index in [2.05, 4.69) is 5.92 Å². The topological polar surface area (TPSA) is 0 Å². The first kappa shape index (κ1) is 6.61. The van der Waals surface area contributed by atoms with Crippen LogP contribution < -0.4 is 0 Å². The fraction of sp³-hybridized carbons (Fsp3) is 0.750. The van der Waals surface area contributed by atoms with Crippen LogP contribution in [0.15, 0.2) is 0 Å². The molecule has 1 aliphatic rings. The maximum atomic E-state index is 11.2. The van der Waals surface area contributed by atoms with Crippen LogP contribution in [0.25, 0.3) is 0 Å². The van der Waals surface area contributed by atoms with Crippen LogP contribution in [0, 0.1) is 18.0 Å². The summed E-state index contributed by atoms with van der Waals surface area (Å²) in [5, 5.41) is 0. The summed E-state index contributed by atoms with van der Waals surface area (Å²) >= 11 is 0. The molecule has 0 radical (unpaired) electrons. The molecule has 0 spiro atoms. The molecule has 0 heterocycles. The molecule has 1 fully saturated rings. The van der Waals surface area contributed by atoms with Crippen LogP contribution in [0.3, 0.4) is 0 Å². The number of rotatable bonds is 3. The van der Waals surface area contributed by atoms with E-state index in [0.717, 1.165) is 18.8 Å². The molecule has 0 aromatic heterocycles. The molecule has 1 rings (SSSR count). The van der Waals surface area contributed by atoms with Crippen molar-refractivity contribution in [2.45, 2.75) is 32.1 Å². The Labute approximate surface area is 55.5 Å². The van der Waals surface area contributed by atoms with Gasteiger partial charge < -0.3 is 0 Å². The van der Waals surface area contributed by atoms with Gasteiger partial charge in [-0.15, -0.1) is 4.39 Å². The average molecular weight is 126 g/mol. The smallest absolute Gasteiger partial charge is 0.105 e. The van der Waals surface area contributed by atoms with Gasteiger partial charge in [-0.2, -0.15) is 0 Å². The Morgan fingerprint density at radius 1 is 1.44 bits per heavy atom. The van der Waals surface area contributed by atoms with Gasteiger partial charge in [-0.05, 0) is 18.8 Å². The molecule has 0 aromatic carbocycles. The van der Waals surface area contributed by atoms with Crippen molar-refractivity contribution in [2.75, 3.05) is 0 Å². The first-order valence-electron chi connectivity index (χ1n) is 3.52. The summed E-state index contributed by atoms with van der Waals surface area (Å²) in [6.07, 6.45) is 7.28. The quantitative estimate of drug-likeness (QED) is 0.402. The summed E-state index contributed by atoms with van der Waals surface area (Å²) < 4.78 is 11.2. The second-order valence-electron chi connectivity index (χ2n) is 2.61. The van der Waals surface area contributed by atoms with Gasteiger partial charge in [0.1, 0.15) is 6.17 Å². The van der Waals surface area contributed by atoms with Crippen molar-refractivity contribution in [3.63, 3.8) is 0 Å². The number of hydrogen-bond donors (Lipinski definition) is 0. The lowest BCUT2D eigenvalue weighted by atomic mass is 10.2. The molecule has 0 amide bonds. The zero-order valence-electron chi connectivity index (χ0n) is 5.49. The predicted molar refractivity (Wildman–Crippen MR) is 35.5 cm³/mol. The molecule has 0 unspecified atom stereocenters. The Morgan fingerprint density at radius 3 is 2.78 bits per heavy atom. The Hall–Kier alpha value is -0.510. The fourth-order valence-corrected chi connectivity index (χ4v) is 0.933. The number of hydrogen-bond acceptors (Lipinski definition) is 0. The fourth-order valence-electron chi connectivity index (χ4n) is 0.933. The van der Waals surface area contributed by atoms with Crippen molar-refractivity contribution in [3.05, 3.63) is 0 Å². The van der Waals surface area contributed by atoms with Gasteiger partial charge >= 0.3 is 0 Å². The Morgan fingerprint density at radius 2 is 2.22 bits per heavy atom. The summed E-state index contributed by atoms with van der Waals surface area (Å²) in [6, 6.07) is 0. The minimum atomic E-state index is 0.743. The third kappa shape index (κ3) is 3.13. The van der Waals surface area contributed by atoms with Gasteiger partial charge in [0.15, 0.2) is 0 Å². The highest BCUT2D eigenvalue weighted by atomic mass is 19.1. The minimum absolute atomic E-state index is 0.743. The minimum Gasteiger partial charge on any atom is -0.144 e. The first-order chi connectivity index (χ1) is 4.43. The van der Waals surface area contributed by atoms with E-state index in [-0.39, 0.29) is 0 Å². The highest BCUT2D eigenvalue weighted by Gasteiger charge is 2.19. The molecule has 9 heavy (non-hydrogen) atoms. The van der Waals surface area contributed by atoms with Gasteiger partial charge in [-0.1, -0.05) is 18.8 Å². The first-order valence-corrected chi connectivity index (χ1v) is 3.52. The SMILES string of the molecule is FC#CCCCC1CC1. The third-order valence-electron chi connectivity index (χ3n) is 1.68. The van der Waals surface area contributed by atoms with E-state index >= 15 is 0 Å². The molecule has 0 atom stereocenters. The molecular weight excluding hydrogens is 115 g/mol. The molecular formula is C8H11F. The van der Waals surface area contributed by atoms with E-state index in [9.17, 15) is 4.39 Å². The van der Waals surface area contributed by atoms with Crippen LogP contribution in [-0.4, -0.2) is 0 Å². The van der Waals surface area contributed by atoms with Gasteiger partial charge in [0, 0.05) is 6.42 Å². The Balaban J connectivity index is 1.84. The lowest BCUT2D eigenvalue weighted by Gasteiger charge is -1.88. The van der Waals surface area contributed by atoms with Crippen molar-refractivity contribution in [1.29, 1.82) is 0 Å². The zero-order chi connectivity index (χ0) is 6.53. The second kappa shape index (κ2) is 3.50. The van der Waals surface area contributed by atoms with Crippen LogP contribution in [0.5, 0.6) is 0 Å². The summed E-state index contributed by atoms with van der Waals surface area (Å²) in [6.45, 7) is 0. The highest BCUT2D eigenvalue weighted by Crippen LogP contribution is 2.33. The molecule has 0 bridgehead atoms. The normalized spacial score (nSPS) is 16.6. The highest BCUT2D eigenvalue weighted by molar-refractivity contribution is 4.90. The van der Waals surface area contributed by atoms with E-state index < -0.39 is 0 Å². The van der Waals surface area contributed by atoms with E-state index in [0.29, 0.717) is 0 Å². The van der Waals surface area contributed by atoms with E-state index in [1.165, 1.54) is 25.4 Å². The van der Waals surface area contributed by atoms with Crippen LogP contribution >= 0.6 is 0 Å². The van der Waals surface area contributed by atoms with Gasteiger partial charge in [-0.3, -0.25) is 0 Å². The Bertz CT molecular complexity index is 125. The lowest BCUT2D eigenvalue weighted by molar-refractivity contribution is 0.678. The lowest BCUT2D eigenvalue weighted by Crippen LogP contribution is -1.74.